The Kier molecular flexibility index (Phi) is 7.94. The lowest BCUT2D eigenvalue weighted by molar-refractivity contribution is 1.13. The number of benzene rings is 13. The van der Waals surface area contributed by atoms with Gasteiger partial charge in [0.15, 0.2) is 0 Å². The average Bonchev–Trinajstić information content (AvgIpc) is 4.03. The highest BCUT2D eigenvalue weighted by Gasteiger charge is 2.43. The molecule has 0 saturated carbocycles. The molecular weight excluding hydrogens is 918 g/mol. The molecule has 2 aromatic heterocycles. The van der Waals surface area contributed by atoms with Crippen molar-refractivity contribution in [2.75, 3.05) is 4.90 Å². The van der Waals surface area contributed by atoms with Crippen LogP contribution in [0.15, 0.2) is 255 Å². The monoisotopic (exact) mass is 959 g/mol. The molecular formula is C72H42BN3. The van der Waals surface area contributed by atoms with Crippen molar-refractivity contribution in [3.63, 3.8) is 0 Å². The van der Waals surface area contributed by atoms with Gasteiger partial charge in [0, 0.05) is 44.3 Å². The standard InChI is InChI=1S/C72H42BN3/c1-3-15-43(16-4-1)45-29-34-50(35-30-45)74(51-36-31-46(32-37-51)44-17-5-2-6-18-44)52-41-63-70-64(42-52)76-62-38-33-47-19-7-9-22-53(47)66(62)68-54-23-10-8-20-48(54)39-59(71(68)76)73(70)60-40-49-21-13-26-57-55-24-11-12-25-56(55)58-27-14-28-61-67(58)69(65(49)57)72(60)75(61)63/h1-42H. The largest absolute Gasteiger partial charge is 0.310 e. The topological polar surface area (TPSA) is 13.1 Å². The van der Waals surface area contributed by atoms with E-state index in [1.807, 2.05) is 0 Å². The summed E-state index contributed by atoms with van der Waals surface area (Å²) in [5, 5.41) is 13.0. The van der Waals surface area contributed by atoms with Crippen molar-refractivity contribution in [1.82, 2.24) is 9.13 Å². The third-order valence-electron chi connectivity index (χ3n) is 17.3. The van der Waals surface area contributed by atoms with E-state index in [4.69, 9.17) is 0 Å². The number of hydrogen-bond acceptors (Lipinski definition) is 1. The van der Waals surface area contributed by atoms with Gasteiger partial charge in [0.1, 0.15) is 0 Å². The van der Waals surface area contributed by atoms with Gasteiger partial charge in [-0.05, 0) is 142 Å². The van der Waals surface area contributed by atoms with Gasteiger partial charge < -0.3 is 14.0 Å². The molecule has 18 rings (SSSR count). The Hall–Kier alpha value is -9.90. The molecule has 76 heavy (non-hydrogen) atoms. The van der Waals surface area contributed by atoms with Crippen molar-refractivity contribution in [2.45, 2.75) is 0 Å². The number of hydrogen-bond donors (Lipinski definition) is 0. The van der Waals surface area contributed by atoms with Crippen LogP contribution in [-0.2, 0) is 0 Å². The highest BCUT2D eigenvalue weighted by molar-refractivity contribution is 7.00. The van der Waals surface area contributed by atoms with Crippen molar-refractivity contribution in [1.29, 1.82) is 0 Å². The fourth-order valence-corrected chi connectivity index (χ4v) is 14.3. The Morgan fingerprint density at radius 2 is 0.763 bits per heavy atom. The second-order valence-electron chi connectivity index (χ2n) is 21.1. The van der Waals surface area contributed by atoms with Crippen LogP contribution in [0.2, 0.25) is 0 Å². The lowest BCUT2D eigenvalue weighted by Gasteiger charge is -2.36. The lowest BCUT2D eigenvalue weighted by atomic mass is 9.34. The Morgan fingerprint density at radius 3 is 1.41 bits per heavy atom. The number of fused-ring (bicyclic) bond motifs is 15. The van der Waals surface area contributed by atoms with Gasteiger partial charge in [-0.3, -0.25) is 0 Å². The molecule has 0 bridgehead atoms. The first-order valence-electron chi connectivity index (χ1n) is 26.5. The normalized spacial score (nSPS) is 12.7. The first-order valence-corrected chi connectivity index (χ1v) is 26.5. The van der Waals surface area contributed by atoms with E-state index in [0.29, 0.717) is 0 Å². The Labute approximate surface area is 438 Å². The first kappa shape index (κ1) is 40.6. The number of rotatable bonds is 5. The zero-order valence-electron chi connectivity index (χ0n) is 41.2. The molecule has 15 aromatic rings. The fourth-order valence-electron chi connectivity index (χ4n) is 14.3. The van der Waals surface area contributed by atoms with Gasteiger partial charge in [-0.25, -0.2) is 0 Å². The minimum atomic E-state index is -0.0584. The van der Waals surface area contributed by atoms with Gasteiger partial charge >= 0.3 is 0 Å². The molecule has 4 heteroatoms. The fraction of sp³-hybridized carbons (Fsp3) is 0. The molecule has 2 aliphatic heterocycles. The van der Waals surface area contributed by atoms with Crippen molar-refractivity contribution < 1.29 is 0 Å². The minimum Gasteiger partial charge on any atom is -0.310 e. The summed E-state index contributed by atoms with van der Waals surface area (Å²) in [5.74, 6) is 0. The molecule has 0 amide bonds. The molecule has 0 radical (unpaired) electrons. The molecule has 1 aliphatic carbocycles. The van der Waals surface area contributed by atoms with Gasteiger partial charge in [0.25, 0.3) is 6.71 Å². The summed E-state index contributed by atoms with van der Waals surface area (Å²) in [7, 11) is 0. The summed E-state index contributed by atoms with van der Waals surface area (Å²) in [6.07, 6.45) is 0. The van der Waals surface area contributed by atoms with Crippen LogP contribution in [0.5, 0.6) is 0 Å². The summed E-state index contributed by atoms with van der Waals surface area (Å²) < 4.78 is 5.33. The second-order valence-corrected chi connectivity index (χ2v) is 21.1. The van der Waals surface area contributed by atoms with Crippen molar-refractivity contribution in [3.05, 3.63) is 255 Å². The highest BCUT2D eigenvalue weighted by atomic mass is 15.2. The summed E-state index contributed by atoms with van der Waals surface area (Å²) in [6.45, 7) is -0.0584. The quantitative estimate of drug-likeness (QED) is 0.157. The van der Waals surface area contributed by atoms with Gasteiger partial charge in [0.05, 0.1) is 27.8 Å². The van der Waals surface area contributed by atoms with Crippen LogP contribution in [0.1, 0.15) is 0 Å². The molecule has 3 nitrogen and oxygen atoms in total. The number of nitrogens with zero attached hydrogens (tertiary/aromatic N) is 3. The van der Waals surface area contributed by atoms with E-state index in [1.54, 1.807) is 0 Å². The molecule has 348 valence electrons. The van der Waals surface area contributed by atoms with Crippen LogP contribution < -0.4 is 21.3 Å². The molecule has 0 saturated heterocycles. The predicted molar refractivity (Wildman–Crippen MR) is 322 cm³/mol. The van der Waals surface area contributed by atoms with E-state index >= 15 is 0 Å². The van der Waals surface area contributed by atoms with Crippen LogP contribution in [0, 0.1) is 0 Å². The molecule has 0 unspecified atom stereocenters. The van der Waals surface area contributed by atoms with Crippen molar-refractivity contribution in [2.24, 2.45) is 0 Å². The van der Waals surface area contributed by atoms with E-state index in [0.717, 1.165) is 17.1 Å². The molecule has 0 fully saturated rings. The zero-order valence-corrected chi connectivity index (χ0v) is 41.2. The second kappa shape index (κ2) is 14.9. The number of anilines is 3. The third-order valence-corrected chi connectivity index (χ3v) is 17.3. The lowest BCUT2D eigenvalue weighted by Crippen LogP contribution is -2.59. The van der Waals surface area contributed by atoms with Crippen LogP contribution in [0.25, 0.3) is 132 Å². The van der Waals surface area contributed by atoms with Gasteiger partial charge in [-0.1, -0.05) is 206 Å². The molecule has 0 spiro atoms. The first-order chi connectivity index (χ1) is 37.7. The molecule has 3 aliphatic rings. The van der Waals surface area contributed by atoms with Gasteiger partial charge in [-0.2, -0.15) is 0 Å². The van der Waals surface area contributed by atoms with Gasteiger partial charge in [-0.15, -0.1) is 0 Å². The Balaban J connectivity index is 1.02. The van der Waals surface area contributed by atoms with E-state index in [-0.39, 0.29) is 6.71 Å². The van der Waals surface area contributed by atoms with Crippen LogP contribution >= 0.6 is 0 Å². The Bertz CT molecular complexity index is 4950. The maximum Gasteiger partial charge on any atom is 0.252 e. The third kappa shape index (κ3) is 5.27. The van der Waals surface area contributed by atoms with Crippen molar-refractivity contribution in [3.8, 4) is 55.9 Å². The molecule has 4 heterocycles. The average molecular weight is 960 g/mol. The maximum atomic E-state index is 2.67. The molecule has 13 aromatic carbocycles. The van der Waals surface area contributed by atoms with Gasteiger partial charge in [0.2, 0.25) is 0 Å². The smallest absolute Gasteiger partial charge is 0.252 e. The zero-order chi connectivity index (χ0) is 49.3. The molecule has 0 atom stereocenters. The van der Waals surface area contributed by atoms with E-state index in [2.05, 4.69) is 269 Å². The van der Waals surface area contributed by atoms with E-state index in [9.17, 15) is 0 Å². The van der Waals surface area contributed by atoms with Crippen LogP contribution in [0.4, 0.5) is 17.1 Å². The Morgan fingerprint density at radius 1 is 0.289 bits per heavy atom. The summed E-state index contributed by atoms with van der Waals surface area (Å²) in [4.78, 5) is 2.49. The molecule has 0 N–H and O–H groups in total. The maximum absolute atomic E-state index is 2.67. The SMILES string of the molecule is c1ccc(-c2ccc(N(c3ccc(-c4ccccc4)cc3)c3cc4c5c(c3)-n3c6ccc7ccccc7c6c6c7ccccc7cc(c63)B5c3cc5cccc6c5c5c7c(cccc7n-4c35)-c3ccccc3-6)cc2)cc1. The predicted octanol–water partition coefficient (Wildman–Crippen LogP) is 16.9. The van der Waals surface area contributed by atoms with Crippen LogP contribution in [-0.4, -0.2) is 15.8 Å². The number of aromatic nitrogens is 2. The summed E-state index contributed by atoms with van der Waals surface area (Å²) >= 11 is 0. The van der Waals surface area contributed by atoms with Crippen LogP contribution in [0.3, 0.4) is 0 Å². The summed E-state index contributed by atoms with van der Waals surface area (Å²) in [6, 6.07) is 95.8. The van der Waals surface area contributed by atoms with Crippen molar-refractivity contribution >= 4 is 116 Å². The summed E-state index contributed by atoms with van der Waals surface area (Å²) in [5.41, 5.74) is 24.7. The minimum absolute atomic E-state index is 0.0584. The van der Waals surface area contributed by atoms with E-state index < -0.39 is 0 Å². The highest BCUT2D eigenvalue weighted by Crippen LogP contribution is 2.52. The van der Waals surface area contributed by atoms with E-state index in [1.165, 1.54) is 148 Å².